The third-order valence-electron chi connectivity index (χ3n) is 1.27. The van der Waals surface area contributed by atoms with Crippen molar-refractivity contribution >= 4 is 28.5 Å². The lowest BCUT2D eigenvalue weighted by molar-refractivity contribution is -0.118. The Morgan fingerprint density at radius 2 is 2.00 bits per heavy atom. The quantitative estimate of drug-likeness (QED) is 0.405. The molecule has 78 valence electrons. The average molecular weight is 301 g/mol. The molecule has 13 heavy (non-hydrogen) atoms. The van der Waals surface area contributed by atoms with Gasteiger partial charge in [-0.3, -0.25) is 4.79 Å². The van der Waals surface area contributed by atoms with Gasteiger partial charge in [0.15, 0.2) is 0 Å². The number of amides is 1. The van der Waals surface area contributed by atoms with E-state index in [9.17, 15) is 4.79 Å². The van der Waals surface area contributed by atoms with Crippen LogP contribution in [0.5, 0.6) is 0 Å². The summed E-state index contributed by atoms with van der Waals surface area (Å²) in [5.41, 5.74) is 0. The van der Waals surface area contributed by atoms with Gasteiger partial charge in [0, 0.05) is 13.2 Å². The third kappa shape index (κ3) is 10.0. The van der Waals surface area contributed by atoms with Crippen LogP contribution in [-0.2, 0) is 14.3 Å². The zero-order valence-corrected chi connectivity index (χ0v) is 10.0. The van der Waals surface area contributed by atoms with Crippen molar-refractivity contribution in [3.63, 3.8) is 0 Å². The number of halogens is 1. The summed E-state index contributed by atoms with van der Waals surface area (Å²) in [7, 11) is 0. The van der Waals surface area contributed by atoms with Crippen LogP contribution in [0.15, 0.2) is 0 Å². The molecule has 0 spiro atoms. The van der Waals surface area contributed by atoms with Crippen molar-refractivity contribution in [2.45, 2.75) is 6.92 Å². The molecule has 0 rings (SSSR count). The minimum atomic E-state index is 0.0500. The van der Waals surface area contributed by atoms with E-state index < -0.39 is 0 Å². The van der Waals surface area contributed by atoms with E-state index >= 15 is 0 Å². The maximum Gasteiger partial charge on any atom is 0.229 e. The van der Waals surface area contributed by atoms with Gasteiger partial charge in [-0.1, -0.05) is 22.6 Å². The second-order valence-electron chi connectivity index (χ2n) is 2.29. The van der Waals surface area contributed by atoms with Crippen LogP contribution in [0.1, 0.15) is 6.92 Å². The number of carbonyl (C=O) groups excluding carboxylic acids is 1. The summed E-state index contributed by atoms with van der Waals surface area (Å²) < 4.78 is 10.8. The molecule has 1 amide bonds. The summed E-state index contributed by atoms with van der Waals surface area (Å²) in [6.07, 6.45) is 0. The monoisotopic (exact) mass is 301 g/mol. The van der Waals surface area contributed by atoms with Gasteiger partial charge in [-0.2, -0.15) is 0 Å². The Hall–Kier alpha value is 0.120. The second-order valence-corrected chi connectivity index (χ2v) is 3.06. The van der Waals surface area contributed by atoms with Gasteiger partial charge in [0.25, 0.3) is 0 Å². The molecule has 0 radical (unpaired) electrons. The molecule has 0 aromatic rings. The van der Waals surface area contributed by atoms with Gasteiger partial charge in [0.2, 0.25) is 5.91 Å². The fraction of sp³-hybridized carbons (Fsp3) is 0.875. The van der Waals surface area contributed by atoms with E-state index in [0.717, 1.165) is 6.61 Å². The zero-order valence-electron chi connectivity index (χ0n) is 7.85. The van der Waals surface area contributed by atoms with E-state index in [0.29, 0.717) is 30.8 Å². The molecule has 4 nitrogen and oxygen atoms in total. The molecule has 0 aliphatic carbocycles. The number of carbonyl (C=O) groups is 1. The molecule has 0 saturated carbocycles. The normalized spacial score (nSPS) is 10.0. The summed E-state index contributed by atoms with van der Waals surface area (Å²) in [5, 5.41) is 2.71. The number of alkyl halides is 1. The topological polar surface area (TPSA) is 47.6 Å². The molecule has 0 saturated heterocycles. The summed E-state index contributed by atoms with van der Waals surface area (Å²) in [4.78, 5) is 10.7. The number of rotatable bonds is 8. The predicted molar refractivity (Wildman–Crippen MR) is 59.2 cm³/mol. The molecule has 0 aliphatic rings. The molecule has 0 aromatic heterocycles. The van der Waals surface area contributed by atoms with E-state index in [1.165, 1.54) is 0 Å². The van der Waals surface area contributed by atoms with Crippen molar-refractivity contribution in [2.75, 3.05) is 37.4 Å². The van der Waals surface area contributed by atoms with Gasteiger partial charge in [0.1, 0.15) is 0 Å². The zero-order chi connectivity index (χ0) is 9.94. The smallest absolute Gasteiger partial charge is 0.229 e. The number of nitrogens with one attached hydrogen (secondary N) is 1. The molecular formula is C8H16INO3. The first-order valence-electron chi connectivity index (χ1n) is 4.29. The Morgan fingerprint density at radius 3 is 2.62 bits per heavy atom. The molecule has 0 unspecified atom stereocenters. The van der Waals surface area contributed by atoms with Crippen molar-refractivity contribution < 1.29 is 14.3 Å². The highest BCUT2D eigenvalue weighted by molar-refractivity contribution is 14.1. The minimum Gasteiger partial charge on any atom is -0.379 e. The van der Waals surface area contributed by atoms with E-state index in [4.69, 9.17) is 9.47 Å². The van der Waals surface area contributed by atoms with Gasteiger partial charge in [0.05, 0.1) is 24.2 Å². The third-order valence-corrected chi connectivity index (χ3v) is 1.96. The van der Waals surface area contributed by atoms with Crippen LogP contribution in [0.2, 0.25) is 0 Å². The van der Waals surface area contributed by atoms with Gasteiger partial charge < -0.3 is 14.8 Å². The average Bonchev–Trinajstić information content (AvgIpc) is 2.16. The fourth-order valence-corrected chi connectivity index (χ4v) is 0.944. The minimum absolute atomic E-state index is 0.0500. The van der Waals surface area contributed by atoms with Gasteiger partial charge in [-0.15, -0.1) is 0 Å². The maximum absolute atomic E-state index is 10.7. The molecule has 0 aliphatic heterocycles. The van der Waals surface area contributed by atoms with Gasteiger partial charge in [-0.25, -0.2) is 0 Å². The van der Waals surface area contributed by atoms with Gasteiger partial charge >= 0.3 is 0 Å². The second kappa shape index (κ2) is 10.2. The number of hydrogen-bond donors (Lipinski definition) is 1. The highest BCUT2D eigenvalue weighted by Crippen LogP contribution is 1.80. The highest BCUT2D eigenvalue weighted by atomic mass is 127. The van der Waals surface area contributed by atoms with Crippen molar-refractivity contribution in [1.82, 2.24) is 5.32 Å². The van der Waals surface area contributed by atoms with Crippen LogP contribution in [-0.4, -0.2) is 43.3 Å². The lowest BCUT2D eigenvalue weighted by Gasteiger charge is -2.04. The summed E-state index contributed by atoms with van der Waals surface area (Å²) in [6, 6.07) is 0. The molecule has 1 N–H and O–H groups in total. The predicted octanol–water partition coefficient (Wildman–Crippen LogP) is 0.591. The molecule has 0 aromatic carbocycles. The Labute approximate surface area is 92.5 Å². The van der Waals surface area contributed by atoms with E-state index in [1.54, 1.807) is 0 Å². The van der Waals surface area contributed by atoms with Crippen molar-refractivity contribution in [3.05, 3.63) is 0 Å². The standard InChI is InChI=1S/C8H16INO3/c1-2-12-5-6-13-4-3-10-8(11)7-9/h2-7H2,1H3,(H,10,11). The van der Waals surface area contributed by atoms with Crippen molar-refractivity contribution in [1.29, 1.82) is 0 Å². The van der Waals surface area contributed by atoms with E-state index in [-0.39, 0.29) is 5.91 Å². The first-order valence-corrected chi connectivity index (χ1v) is 5.82. The van der Waals surface area contributed by atoms with Crippen LogP contribution in [0, 0.1) is 0 Å². The first-order chi connectivity index (χ1) is 6.31. The van der Waals surface area contributed by atoms with Gasteiger partial charge in [-0.05, 0) is 6.92 Å². The Balaban J connectivity index is 2.95. The Kier molecular flexibility index (Phi) is 10.3. The Morgan fingerprint density at radius 1 is 1.31 bits per heavy atom. The van der Waals surface area contributed by atoms with Crippen LogP contribution in [0.3, 0.4) is 0 Å². The lowest BCUT2D eigenvalue weighted by atomic mass is 10.6. The van der Waals surface area contributed by atoms with Crippen LogP contribution in [0.4, 0.5) is 0 Å². The molecule has 0 heterocycles. The summed E-state index contributed by atoms with van der Waals surface area (Å²) in [6.45, 7) is 5.00. The first kappa shape index (κ1) is 13.1. The lowest BCUT2D eigenvalue weighted by Crippen LogP contribution is -2.28. The maximum atomic E-state index is 10.7. The van der Waals surface area contributed by atoms with Crippen molar-refractivity contribution in [2.24, 2.45) is 0 Å². The number of ether oxygens (including phenoxy) is 2. The summed E-state index contributed by atoms with van der Waals surface area (Å²) >= 11 is 2.02. The molecule has 0 bridgehead atoms. The molecule has 5 heteroatoms. The SMILES string of the molecule is CCOCCOCCNC(=O)CI. The largest absolute Gasteiger partial charge is 0.379 e. The van der Waals surface area contributed by atoms with Crippen molar-refractivity contribution in [3.8, 4) is 0 Å². The van der Waals surface area contributed by atoms with E-state index in [2.05, 4.69) is 5.32 Å². The van der Waals surface area contributed by atoms with Crippen LogP contribution in [0.25, 0.3) is 0 Å². The molecule has 0 atom stereocenters. The molecular weight excluding hydrogens is 285 g/mol. The van der Waals surface area contributed by atoms with Crippen LogP contribution < -0.4 is 5.32 Å². The molecule has 0 fully saturated rings. The fourth-order valence-electron chi connectivity index (χ4n) is 0.674. The van der Waals surface area contributed by atoms with Crippen LogP contribution >= 0.6 is 22.6 Å². The highest BCUT2D eigenvalue weighted by Gasteiger charge is 1.95. The summed E-state index contributed by atoms with van der Waals surface area (Å²) in [5.74, 6) is 0.0500. The Bertz CT molecular complexity index is 133. The number of hydrogen-bond acceptors (Lipinski definition) is 3. The van der Waals surface area contributed by atoms with E-state index in [1.807, 2.05) is 29.5 Å².